The topological polar surface area (TPSA) is 110 Å². The lowest BCUT2D eigenvalue weighted by atomic mass is 10.1. The van der Waals surface area contributed by atoms with Crippen LogP contribution in [0.15, 0.2) is 36.5 Å². The molecule has 2 aliphatic heterocycles. The van der Waals surface area contributed by atoms with Crippen LogP contribution in [-0.4, -0.2) is 83.5 Å². The number of aromatic nitrogens is 7. The number of piperazine rings is 1. The van der Waals surface area contributed by atoms with Gasteiger partial charge in [0.15, 0.2) is 10.8 Å². The number of pyridine rings is 1. The molecule has 4 aromatic heterocycles. The number of carbonyl (C=O) groups excluding carboxylic acids is 1. The fourth-order valence-corrected chi connectivity index (χ4v) is 6.47. The SMILES string of the molecule is C[C@H](n1cnnc1-c1nc(NC(=O)c2cc(-n3cnc(C4CC4)c3)c(N3CCN4CCCC4C3)cn2)cs1)C(F)(F)F. The molecule has 2 atom stereocenters. The monoisotopic (exact) mass is 598 g/mol. The maximum Gasteiger partial charge on any atom is 0.408 e. The Hall–Kier alpha value is -3.85. The van der Waals surface area contributed by atoms with Gasteiger partial charge in [0.2, 0.25) is 0 Å². The van der Waals surface area contributed by atoms with Crippen LogP contribution in [0.25, 0.3) is 16.5 Å². The number of anilines is 2. The van der Waals surface area contributed by atoms with Gasteiger partial charge in [-0.3, -0.25) is 14.3 Å². The second kappa shape index (κ2) is 10.5. The standard InChI is InChI=1S/C27H29F3N10OS/c1-16(27(28,29)30)40-15-33-36-24(40)26-35-23(13-42-26)34-25(41)19-9-21(39-12-20(32-14-39)17-4-5-17)22(10-31-19)38-8-7-37-6-2-3-18(37)11-38/h9-10,12-18H,2-8,11H2,1H3,(H,34,41)/t16-,18?/m0/s1. The number of hydrogen-bond donors (Lipinski definition) is 1. The molecule has 3 aliphatic rings. The predicted molar refractivity (Wildman–Crippen MR) is 150 cm³/mol. The minimum absolute atomic E-state index is 0.0241. The molecule has 3 fully saturated rings. The Bertz CT molecular complexity index is 1610. The van der Waals surface area contributed by atoms with Crippen LogP contribution in [0, 0.1) is 0 Å². The third-order valence-electron chi connectivity index (χ3n) is 8.30. The van der Waals surface area contributed by atoms with E-state index in [-0.39, 0.29) is 22.3 Å². The first kappa shape index (κ1) is 27.0. The lowest BCUT2D eigenvalue weighted by Crippen LogP contribution is -2.50. The van der Waals surface area contributed by atoms with Gasteiger partial charge in [-0.25, -0.2) is 15.0 Å². The molecule has 1 N–H and O–H groups in total. The molecule has 15 heteroatoms. The highest BCUT2D eigenvalue weighted by Gasteiger charge is 2.39. The Morgan fingerprint density at radius 1 is 1.12 bits per heavy atom. The smallest absolute Gasteiger partial charge is 0.366 e. The van der Waals surface area contributed by atoms with E-state index < -0.39 is 18.1 Å². The molecule has 1 amide bonds. The fraction of sp³-hybridized carbons (Fsp3) is 0.481. The van der Waals surface area contributed by atoms with Crippen molar-refractivity contribution in [1.82, 2.24) is 39.2 Å². The molecule has 0 radical (unpaired) electrons. The summed E-state index contributed by atoms with van der Waals surface area (Å²) in [7, 11) is 0. The van der Waals surface area contributed by atoms with Gasteiger partial charge >= 0.3 is 6.18 Å². The quantitative estimate of drug-likeness (QED) is 0.331. The zero-order chi connectivity index (χ0) is 29.0. The Labute approximate surface area is 243 Å². The van der Waals surface area contributed by atoms with Crippen molar-refractivity contribution < 1.29 is 18.0 Å². The summed E-state index contributed by atoms with van der Waals surface area (Å²) in [4.78, 5) is 31.7. The Morgan fingerprint density at radius 2 is 1.98 bits per heavy atom. The molecule has 1 aliphatic carbocycles. The van der Waals surface area contributed by atoms with Crippen LogP contribution in [0.1, 0.15) is 60.7 Å². The molecule has 6 heterocycles. The van der Waals surface area contributed by atoms with Crippen molar-refractivity contribution in [2.75, 3.05) is 36.4 Å². The van der Waals surface area contributed by atoms with Gasteiger partial charge in [0.05, 0.1) is 29.6 Å². The third-order valence-corrected chi connectivity index (χ3v) is 9.14. The summed E-state index contributed by atoms with van der Waals surface area (Å²) in [5.74, 6) is 0.180. The average molecular weight is 599 g/mol. The first-order valence-electron chi connectivity index (χ1n) is 14.0. The van der Waals surface area contributed by atoms with Crippen molar-refractivity contribution >= 4 is 28.7 Å². The number of amides is 1. The fourth-order valence-electron chi connectivity index (χ4n) is 5.73. The minimum Gasteiger partial charge on any atom is -0.366 e. The van der Waals surface area contributed by atoms with E-state index in [0.717, 1.165) is 85.2 Å². The molecule has 11 nitrogen and oxygen atoms in total. The molecule has 7 rings (SSSR count). The molecule has 0 bridgehead atoms. The molecule has 0 aromatic carbocycles. The summed E-state index contributed by atoms with van der Waals surface area (Å²) in [5.41, 5.74) is 3.02. The minimum atomic E-state index is -4.47. The zero-order valence-corrected chi connectivity index (χ0v) is 23.6. The lowest BCUT2D eigenvalue weighted by Gasteiger charge is -2.39. The van der Waals surface area contributed by atoms with E-state index >= 15 is 0 Å². The maximum atomic E-state index is 13.3. The van der Waals surface area contributed by atoms with Crippen LogP contribution in [0.3, 0.4) is 0 Å². The number of nitrogens with zero attached hydrogens (tertiary/aromatic N) is 9. The van der Waals surface area contributed by atoms with Gasteiger partial charge in [0, 0.05) is 43.2 Å². The molecule has 1 unspecified atom stereocenters. The van der Waals surface area contributed by atoms with E-state index in [1.54, 1.807) is 24.0 Å². The van der Waals surface area contributed by atoms with E-state index in [4.69, 9.17) is 0 Å². The number of fused-ring (bicyclic) bond motifs is 1. The Balaban J connectivity index is 1.15. The molecule has 0 spiro atoms. The molecular formula is C27H29F3N10OS. The summed E-state index contributed by atoms with van der Waals surface area (Å²) in [6.45, 7) is 4.94. The van der Waals surface area contributed by atoms with Crippen LogP contribution in [0.4, 0.5) is 24.7 Å². The summed E-state index contributed by atoms with van der Waals surface area (Å²) >= 11 is 1.07. The first-order chi connectivity index (χ1) is 20.2. The van der Waals surface area contributed by atoms with Crippen molar-refractivity contribution in [2.45, 2.75) is 56.8 Å². The summed E-state index contributed by atoms with van der Waals surface area (Å²) < 4.78 is 42.8. The number of thiazole rings is 1. The molecular weight excluding hydrogens is 569 g/mol. The number of carbonyl (C=O) groups is 1. The van der Waals surface area contributed by atoms with Crippen molar-refractivity contribution in [3.8, 4) is 16.5 Å². The van der Waals surface area contributed by atoms with Gasteiger partial charge in [0.1, 0.15) is 23.9 Å². The maximum absolute atomic E-state index is 13.3. The van der Waals surface area contributed by atoms with Gasteiger partial charge in [-0.2, -0.15) is 13.2 Å². The second-order valence-electron chi connectivity index (χ2n) is 11.1. The first-order valence-corrected chi connectivity index (χ1v) is 14.9. The van der Waals surface area contributed by atoms with Crippen LogP contribution < -0.4 is 10.2 Å². The summed E-state index contributed by atoms with van der Waals surface area (Å²) in [6, 6.07) is 0.452. The third kappa shape index (κ3) is 5.15. The summed E-state index contributed by atoms with van der Waals surface area (Å²) in [5, 5.41) is 12.0. The Kier molecular flexibility index (Phi) is 6.72. The molecule has 1 saturated carbocycles. The molecule has 220 valence electrons. The van der Waals surface area contributed by atoms with E-state index in [1.165, 1.54) is 12.8 Å². The number of imidazole rings is 1. The van der Waals surface area contributed by atoms with Gasteiger partial charge in [-0.05, 0) is 45.2 Å². The molecule has 2 saturated heterocycles. The number of halogens is 3. The lowest BCUT2D eigenvalue weighted by molar-refractivity contribution is -0.162. The molecule has 4 aromatic rings. The van der Waals surface area contributed by atoms with Crippen LogP contribution >= 0.6 is 11.3 Å². The Morgan fingerprint density at radius 3 is 2.79 bits per heavy atom. The van der Waals surface area contributed by atoms with Crippen LogP contribution in [0.2, 0.25) is 0 Å². The second-order valence-corrected chi connectivity index (χ2v) is 11.9. The van der Waals surface area contributed by atoms with Crippen molar-refractivity contribution in [3.63, 3.8) is 0 Å². The van der Waals surface area contributed by atoms with Crippen LogP contribution in [0.5, 0.6) is 0 Å². The number of hydrogen-bond acceptors (Lipinski definition) is 9. The number of nitrogens with one attached hydrogen (secondary N) is 1. The van der Waals surface area contributed by atoms with E-state index in [9.17, 15) is 18.0 Å². The number of rotatable bonds is 7. The highest BCUT2D eigenvalue weighted by Crippen LogP contribution is 2.40. The van der Waals surface area contributed by atoms with Crippen molar-refractivity contribution in [2.24, 2.45) is 0 Å². The highest BCUT2D eigenvalue weighted by molar-refractivity contribution is 7.13. The van der Waals surface area contributed by atoms with Crippen LogP contribution in [-0.2, 0) is 0 Å². The van der Waals surface area contributed by atoms with Crippen molar-refractivity contribution in [1.29, 1.82) is 0 Å². The predicted octanol–water partition coefficient (Wildman–Crippen LogP) is 4.52. The number of alkyl halides is 3. The van der Waals surface area contributed by atoms with Gasteiger partial charge in [0.25, 0.3) is 5.91 Å². The van der Waals surface area contributed by atoms with Gasteiger partial charge in [-0.15, -0.1) is 21.5 Å². The summed E-state index contributed by atoms with van der Waals surface area (Å²) in [6.07, 6.45) is 6.80. The van der Waals surface area contributed by atoms with E-state index in [1.807, 2.05) is 10.8 Å². The van der Waals surface area contributed by atoms with E-state index in [2.05, 4.69) is 40.3 Å². The van der Waals surface area contributed by atoms with Gasteiger partial charge < -0.3 is 14.8 Å². The highest BCUT2D eigenvalue weighted by atomic mass is 32.1. The van der Waals surface area contributed by atoms with E-state index in [0.29, 0.717) is 12.0 Å². The average Bonchev–Trinajstić information content (AvgIpc) is 3.42. The molecule has 42 heavy (non-hydrogen) atoms. The largest absolute Gasteiger partial charge is 0.408 e. The normalized spacial score (nSPS) is 20.1. The van der Waals surface area contributed by atoms with Gasteiger partial charge in [-0.1, -0.05) is 0 Å². The zero-order valence-electron chi connectivity index (χ0n) is 22.8. The van der Waals surface area contributed by atoms with Crippen molar-refractivity contribution in [3.05, 3.63) is 47.9 Å².